The summed E-state index contributed by atoms with van der Waals surface area (Å²) in [6.07, 6.45) is 1.06. The minimum Gasteiger partial charge on any atom is -0.493 e. The van der Waals surface area contributed by atoms with Crippen LogP contribution in [0.5, 0.6) is 5.75 Å². The molecule has 0 bridgehead atoms. The lowest BCUT2D eigenvalue weighted by molar-refractivity contribution is 0.265. The van der Waals surface area contributed by atoms with Gasteiger partial charge in [-0.05, 0) is 38.1 Å². The fourth-order valence-corrected chi connectivity index (χ4v) is 1.81. The minimum atomic E-state index is 0.592. The van der Waals surface area contributed by atoms with Crippen molar-refractivity contribution in [2.75, 3.05) is 13.7 Å². The average molecular weight is 205 g/mol. The third kappa shape index (κ3) is 2.32. The molecule has 0 saturated carbocycles. The van der Waals surface area contributed by atoms with Crippen molar-refractivity contribution in [1.29, 1.82) is 0 Å². The molecule has 2 heteroatoms. The lowest BCUT2D eigenvalue weighted by Crippen LogP contribution is -2.25. The summed E-state index contributed by atoms with van der Waals surface area (Å²) in [4.78, 5) is 2.34. The Labute approximate surface area is 91.9 Å². The quantitative estimate of drug-likeness (QED) is 0.751. The molecule has 1 aromatic rings. The highest BCUT2D eigenvalue weighted by Gasteiger charge is 2.12. The van der Waals surface area contributed by atoms with Gasteiger partial charge in [-0.1, -0.05) is 12.1 Å². The second-order valence-corrected chi connectivity index (χ2v) is 4.55. The largest absolute Gasteiger partial charge is 0.493 e. The van der Waals surface area contributed by atoms with Crippen molar-refractivity contribution < 1.29 is 4.74 Å². The van der Waals surface area contributed by atoms with E-state index >= 15 is 0 Å². The Bertz CT molecular complexity index is 346. The molecule has 1 aliphatic rings. The topological polar surface area (TPSA) is 12.5 Å². The summed E-state index contributed by atoms with van der Waals surface area (Å²) in [5.74, 6) is 1.07. The van der Waals surface area contributed by atoms with Crippen molar-refractivity contribution in [2.24, 2.45) is 0 Å². The van der Waals surface area contributed by atoms with E-state index in [0.717, 1.165) is 25.3 Å². The Morgan fingerprint density at radius 2 is 2.20 bits per heavy atom. The van der Waals surface area contributed by atoms with Gasteiger partial charge in [-0.3, -0.25) is 4.90 Å². The van der Waals surface area contributed by atoms with Crippen LogP contribution in [0.1, 0.15) is 25.0 Å². The third-order valence-corrected chi connectivity index (χ3v) is 3.07. The summed E-state index contributed by atoms with van der Waals surface area (Å²) < 4.78 is 5.49. The maximum atomic E-state index is 5.49. The molecule has 2 nitrogen and oxygen atoms in total. The van der Waals surface area contributed by atoms with Crippen LogP contribution >= 0.6 is 0 Å². The number of fused-ring (bicyclic) bond motifs is 1. The first-order valence-corrected chi connectivity index (χ1v) is 5.61. The Kier molecular flexibility index (Phi) is 2.96. The molecule has 0 N–H and O–H groups in total. The molecule has 2 rings (SSSR count). The number of ether oxygens (including phenoxy) is 1. The second-order valence-electron chi connectivity index (χ2n) is 4.55. The van der Waals surface area contributed by atoms with Gasteiger partial charge in [0.15, 0.2) is 0 Å². The standard InChI is InChI=1S/C13H19NO/c1-10(2)14(3)9-11-4-5-13-12(8-11)6-7-15-13/h4-5,8,10H,6-7,9H2,1-3H3. The number of nitrogens with zero attached hydrogens (tertiary/aromatic N) is 1. The van der Waals surface area contributed by atoms with E-state index < -0.39 is 0 Å². The van der Waals surface area contributed by atoms with Crippen LogP contribution < -0.4 is 4.74 Å². The third-order valence-electron chi connectivity index (χ3n) is 3.07. The highest BCUT2D eigenvalue weighted by molar-refractivity contribution is 5.39. The second kappa shape index (κ2) is 4.23. The lowest BCUT2D eigenvalue weighted by atomic mass is 10.1. The van der Waals surface area contributed by atoms with Crippen LogP contribution in [0.25, 0.3) is 0 Å². The fraction of sp³-hybridized carbons (Fsp3) is 0.538. The van der Waals surface area contributed by atoms with Crippen molar-refractivity contribution in [2.45, 2.75) is 32.9 Å². The van der Waals surface area contributed by atoms with Crippen LogP contribution in [0.4, 0.5) is 0 Å². The molecule has 0 radical (unpaired) electrons. The zero-order valence-corrected chi connectivity index (χ0v) is 9.79. The van der Waals surface area contributed by atoms with Gasteiger partial charge in [0, 0.05) is 19.0 Å². The Morgan fingerprint density at radius 3 is 2.93 bits per heavy atom. The van der Waals surface area contributed by atoms with Gasteiger partial charge >= 0.3 is 0 Å². The molecule has 1 heterocycles. The van der Waals surface area contributed by atoms with Gasteiger partial charge in [-0.2, -0.15) is 0 Å². The maximum Gasteiger partial charge on any atom is 0.122 e. The van der Waals surface area contributed by atoms with Gasteiger partial charge in [0.25, 0.3) is 0 Å². The molecule has 1 aliphatic heterocycles. The van der Waals surface area contributed by atoms with Crippen LogP contribution in [0, 0.1) is 0 Å². The molecule has 15 heavy (non-hydrogen) atoms. The van der Waals surface area contributed by atoms with Gasteiger partial charge in [0.2, 0.25) is 0 Å². The monoisotopic (exact) mass is 205 g/mol. The van der Waals surface area contributed by atoms with E-state index in [0.29, 0.717) is 6.04 Å². The Morgan fingerprint density at radius 1 is 1.40 bits per heavy atom. The van der Waals surface area contributed by atoms with Crippen molar-refractivity contribution in [3.8, 4) is 5.75 Å². The Hall–Kier alpha value is -1.02. The first-order chi connectivity index (χ1) is 7.16. The van der Waals surface area contributed by atoms with Crippen LogP contribution in [-0.4, -0.2) is 24.6 Å². The van der Waals surface area contributed by atoms with E-state index in [2.05, 4.69) is 44.0 Å². The van der Waals surface area contributed by atoms with Crippen LogP contribution in [0.2, 0.25) is 0 Å². The number of hydrogen-bond donors (Lipinski definition) is 0. The molecule has 0 fully saturated rings. The number of rotatable bonds is 3. The summed E-state index contributed by atoms with van der Waals surface area (Å²) in [5.41, 5.74) is 2.75. The molecule has 0 saturated heterocycles. The normalized spacial score (nSPS) is 14.5. The van der Waals surface area contributed by atoms with Crippen molar-refractivity contribution in [1.82, 2.24) is 4.90 Å². The molecule has 0 atom stereocenters. The molecule has 0 aliphatic carbocycles. The zero-order chi connectivity index (χ0) is 10.8. The molecule has 0 aromatic heterocycles. The van der Waals surface area contributed by atoms with E-state index in [4.69, 9.17) is 4.74 Å². The van der Waals surface area contributed by atoms with Crippen LogP contribution in [0.3, 0.4) is 0 Å². The van der Waals surface area contributed by atoms with Crippen molar-refractivity contribution in [3.05, 3.63) is 29.3 Å². The molecule has 1 aromatic carbocycles. The lowest BCUT2D eigenvalue weighted by Gasteiger charge is -2.21. The van der Waals surface area contributed by atoms with E-state index in [1.54, 1.807) is 0 Å². The van der Waals surface area contributed by atoms with Crippen molar-refractivity contribution >= 4 is 0 Å². The summed E-state index contributed by atoms with van der Waals surface area (Å²) in [6, 6.07) is 7.14. The summed E-state index contributed by atoms with van der Waals surface area (Å²) >= 11 is 0. The summed E-state index contributed by atoms with van der Waals surface area (Å²) in [5, 5.41) is 0. The molecule has 0 unspecified atom stereocenters. The van der Waals surface area contributed by atoms with Crippen LogP contribution in [-0.2, 0) is 13.0 Å². The first-order valence-electron chi connectivity index (χ1n) is 5.61. The molecule has 0 spiro atoms. The fourth-order valence-electron chi connectivity index (χ4n) is 1.81. The SMILES string of the molecule is CC(C)N(C)Cc1ccc2c(c1)CCO2. The van der Waals surface area contributed by atoms with Gasteiger partial charge < -0.3 is 4.74 Å². The average Bonchev–Trinajstić information content (AvgIpc) is 2.64. The number of benzene rings is 1. The maximum absolute atomic E-state index is 5.49. The molecule has 0 amide bonds. The van der Waals surface area contributed by atoms with Gasteiger partial charge in [-0.15, -0.1) is 0 Å². The predicted octanol–water partition coefficient (Wildman–Crippen LogP) is 2.46. The summed E-state index contributed by atoms with van der Waals surface area (Å²) in [7, 11) is 2.16. The highest BCUT2D eigenvalue weighted by atomic mass is 16.5. The van der Waals surface area contributed by atoms with Gasteiger partial charge in [-0.25, -0.2) is 0 Å². The zero-order valence-electron chi connectivity index (χ0n) is 9.79. The molecule has 82 valence electrons. The molecular weight excluding hydrogens is 186 g/mol. The van der Waals surface area contributed by atoms with Gasteiger partial charge in [0.1, 0.15) is 5.75 Å². The summed E-state index contributed by atoms with van der Waals surface area (Å²) in [6.45, 7) is 6.30. The van der Waals surface area contributed by atoms with Crippen LogP contribution in [0.15, 0.2) is 18.2 Å². The van der Waals surface area contributed by atoms with E-state index in [9.17, 15) is 0 Å². The predicted molar refractivity (Wildman–Crippen MR) is 62.2 cm³/mol. The minimum absolute atomic E-state index is 0.592. The first kappa shape index (κ1) is 10.5. The van der Waals surface area contributed by atoms with Crippen molar-refractivity contribution in [3.63, 3.8) is 0 Å². The highest BCUT2D eigenvalue weighted by Crippen LogP contribution is 2.26. The molecular formula is C13H19NO. The number of hydrogen-bond acceptors (Lipinski definition) is 2. The van der Waals surface area contributed by atoms with E-state index in [-0.39, 0.29) is 0 Å². The van der Waals surface area contributed by atoms with Gasteiger partial charge in [0.05, 0.1) is 6.61 Å². The van der Waals surface area contributed by atoms with E-state index in [1.807, 2.05) is 0 Å². The smallest absolute Gasteiger partial charge is 0.122 e. The van der Waals surface area contributed by atoms with E-state index in [1.165, 1.54) is 11.1 Å². The Balaban J connectivity index is 2.10.